The van der Waals surface area contributed by atoms with Crippen LogP contribution in [-0.4, -0.2) is 37.8 Å². The highest BCUT2D eigenvalue weighted by molar-refractivity contribution is 5.93. The minimum Gasteiger partial charge on any atom is -0.444 e. The molecule has 0 bridgehead atoms. The highest BCUT2D eigenvalue weighted by atomic mass is 16.6. The molecular weight excluding hydrogens is 408 g/mol. The summed E-state index contributed by atoms with van der Waals surface area (Å²) in [5.41, 5.74) is 2.59. The Morgan fingerprint density at radius 3 is 2.34 bits per heavy atom. The first-order valence-corrected chi connectivity index (χ1v) is 10.4. The van der Waals surface area contributed by atoms with Crippen molar-refractivity contribution in [1.29, 1.82) is 0 Å². The van der Waals surface area contributed by atoms with E-state index in [2.05, 4.69) is 10.3 Å². The van der Waals surface area contributed by atoms with Gasteiger partial charge in [0.2, 0.25) is 0 Å². The Morgan fingerprint density at radius 1 is 1.09 bits per heavy atom. The van der Waals surface area contributed by atoms with Gasteiger partial charge in [-0.2, -0.15) is 4.98 Å². The van der Waals surface area contributed by atoms with Gasteiger partial charge in [0.15, 0.2) is 0 Å². The van der Waals surface area contributed by atoms with Gasteiger partial charge in [0.05, 0.1) is 10.9 Å². The molecule has 1 amide bonds. The van der Waals surface area contributed by atoms with Crippen molar-refractivity contribution < 1.29 is 13.9 Å². The molecule has 1 heterocycles. The van der Waals surface area contributed by atoms with Gasteiger partial charge < -0.3 is 19.0 Å². The van der Waals surface area contributed by atoms with Crippen molar-refractivity contribution >= 4 is 34.4 Å². The molecule has 0 fully saturated rings. The Hall–Kier alpha value is -3.55. The number of benzene rings is 2. The highest BCUT2D eigenvalue weighted by Gasteiger charge is 2.19. The third-order valence-corrected chi connectivity index (χ3v) is 4.88. The van der Waals surface area contributed by atoms with E-state index in [4.69, 9.17) is 9.15 Å². The van der Waals surface area contributed by atoms with Crippen LogP contribution in [0.15, 0.2) is 45.6 Å². The number of carbonyl (C=O) groups is 1. The SMILES string of the molecule is Cc1c(NC(=O)OC(C)(C)C)ccc2nc(N(C)Cc3ccc(N(C)C)cc3)oc(=O)c12. The molecule has 0 aliphatic carbocycles. The predicted octanol–water partition coefficient (Wildman–Crippen LogP) is 4.55. The molecule has 32 heavy (non-hydrogen) atoms. The average Bonchev–Trinajstić information content (AvgIpc) is 2.68. The Kier molecular flexibility index (Phi) is 6.43. The fraction of sp³-hybridized carbons (Fsp3) is 0.375. The van der Waals surface area contributed by atoms with E-state index >= 15 is 0 Å². The molecule has 0 atom stereocenters. The molecule has 170 valence electrons. The van der Waals surface area contributed by atoms with Crippen molar-refractivity contribution in [2.45, 2.75) is 39.8 Å². The van der Waals surface area contributed by atoms with Crippen molar-refractivity contribution in [2.75, 3.05) is 36.3 Å². The molecule has 1 aromatic heterocycles. The first kappa shape index (κ1) is 23.1. The number of carbonyl (C=O) groups excluding carboxylic acids is 1. The van der Waals surface area contributed by atoms with Gasteiger partial charge in [-0.15, -0.1) is 0 Å². The molecule has 0 radical (unpaired) electrons. The lowest BCUT2D eigenvalue weighted by molar-refractivity contribution is 0.0636. The van der Waals surface area contributed by atoms with Gasteiger partial charge in [0, 0.05) is 39.1 Å². The second-order valence-electron chi connectivity index (χ2n) is 8.96. The van der Waals surface area contributed by atoms with Crippen LogP contribution in [0.2, 0.25) is 0 Å². The third kappa shape index (κ3) is 5.38. The van der Waals surface area contributed by atoms with E-state index in [9.17, 15) is 9.59 Å². The summed E-state index contributed by atoms with van der Waals surface area (Å²) < 4.78 is 10.8. The number of nitrogens with one attached hydrogen (secondary N) is 1. The van der Waals surface area contributed by atoms with E-state index in [0.717, 1.165) is 11.3 Å². The number of hydrogen-bond acceptors (Lipinski definition) is 7. The standard InChI is InChI=1S/C24H30N4O4/c1-15-18(26-23(30)32-24(2,3)4)12-13-19-20(15)21(29)31-22(25-19)28(7)14-16-8-10-17(11-9-16)27(5)6/h8-13H,14H2,1-7H3,(H,26,30). The summed E-state index contributed by atoms with van der Waals surface area (Å²) in [6.07, 6.45) is -0.589. The number of rotatable bonds is 5. The molecule has 0 aliphatic rings. The Balaban J connectivity index is 1.85. The zero-order chi connectivity index (χ0) is 23.6. The van der Waals surface area contributed by atoms with Crippen LogP contribution in [0.5, 0.6) is 0 Å². The minimum atomic E-state index is -0.623. The molecule has 8 heteroatoms. The van der Waals surface area contributed by atoms with Crippen LogP contribution in [-0.2, 0) is 11.3 Å². The summed E-state index contributed by atoms with van der Waals surface area (Å²) in [6, 6.07) is 11.8. The molecule has 0 saturated heterocycles. The molecule has 1 N–H and O–H groups in total. The maximum atomic E-state index is 12.8. The molecule has 0 unspecified atom stereocenters. The molecule has 8 nitrogen and oxygen atoms in total. The summed E-state index contributed by atoms with van der Waals surface area (Å²) in [5, 5.41) is 3.01. The largest absolute Gasteiger partial charge is 0.444 e. The van der Waals surface area contributed by atoms with Gasteiger partial charge in [0.1, 0.15) is 5.60 Å². The first-order valence-electron chi connectivity index (χ1n) is 10.4. The minimum absolute atomic E-state index is 0.228. The lowest BCUT2D eigenvalue weighted by Gasteiger charge is -2.20. The van der Waals surface area contributed by atoms with Crippen LogP contribution in [0.3, 0.4) is 0 Å². The van der Waals surface area contributed by atoms with Crippen molar-refractivity contribution in [2.24, 2.45) is 0 Å². The maximum absolute atomic E-state index is 12.8. The number of aryl methyl sites for hydroxylation is 1. The van der Waals surface area contributed by atoms with Crippen LogP contribution in [0.1, 0.15) is 31.9 Å². The van der Waals surface area contributed by atoms with Crippen molar-refractivity contribution in [3.05, 3.63) is 57.9 Å². The zero-order valence-corrected chi connectivity index (χ0v) is 19.6. The first-order chi connectivity index (χ1) is 14.9. The number of fused-ring (bicyclic) bond motifs is 1. The smallest absolute Gasteiger partial charge is 0.412 e. The molecular formula is C24H30N4O4. The number of aromatic nitrogens is 1. The molecule has 2 aromatic carbocycles. The van der Waals surface area contributed by atoms with Gasteiger partial charge in [-0.25, -0.2) is 9.59 Å². The Morgan fingerprint density at radius 2 is 1.75 bits per heavy atom. The Labute approximate surface area is 187 Å². The topological polar surface area (TPSA) is 87.9 Å². The van der Waals surface area contributed by atoms with E-state index in [1.807, 2.05) is 50.3 Å². The van der Waals surface area contributed by atoms with E-state index < -0.39 is 17.3 Å². The van der Waals surface area contributed by atoms with Crippen molar-refractivity contribution in [3.63, 3.8) is 0 Å². The van der Waals surface area contributed by atoms with Crippen LogP contribution >= 0.6 is 0 Å². The fourth-order valence-electron chi connectivity index (χ4n) is 3.26. The second-order valence-corrected chi connectivity index (χ2v) is 8.96. The van der Waals surface area contributed by atoms with Crippen LogP contribution < -0.4 is 20.7 Å². The molecule has 3 aromatic rings. The summed E-state index contributed by atoms with van der Waals surface area (Å²) in [7, 11) is 5.80. The summed E-state index contributed by atoms with van der Waals surface area (Å²) in [5.74, 6) is 0. The van der Waals surface area contributed by atoms with Gasteiger partial charge in [-0.3, -0.25) is 5.32 Å². The Bertz CT molecular complexity index is 1180. The summed E-state index contributed by atoms with van der Waals surface area (Å²) in [4.78, 5) is 33.2. The van der Waals surface area contributed by atoms with Gasteiger partial charge in [0.25, 0.3) is 0 Å². The monoisotopic (exact) mass is 438 g/mol. The van der Waals surface area contributed by atoms with Crippen molar-refractivity contribution in [1.82, 2.24) is 4.98 Å². The van der Waals surface area contributed by atoms with Crippen LogP contribution in [0, 0.1) is 6.92 Å². The fourth-order valence-corrected chi connectivity index (χ4v) is 3.26. The van der Waals surface area contributed by atoms with E-state index in [1.165, 1.54) is 0 Å². The number of ether oxygens (including phenoxy) is 1. The lowest BCUT2D eigenvalue weighted by Crippen LogP contribution is -2.27. The van der Waals surface area contributed by atoms with Gasteiger partial charge in [-0.1, -0.05) is 12.1 Å². The van der Waals surface area contributed by atoms with Crippen LogP contribution in [0.25, 0.3) is 10.9 Å². The zero-order valence-electron chi connectivity index (χ0n) is 19.6. The lowest BCUT2D eigenvalue weighted by atomic mass is 10.1. The number of amides is 1. The maximum Gasteiger partial charge on any atom is 0.412 e. The normalized spacial score (nSPS) is 11.3. The van der Waals surface area contributed by atoms with Crippen molar-refractivity contribution in [3.8, 4) is 0 Å². The van der Waals surface area contributed by atoms with Gasteiger partial charge >= 0.3 is 17.7 Å². The predicted molar refractivity (Wildman–Crippen MR) is 128 cm³/mol. The van der Waals surface area contributed by atoms with E-state index in [0.29, 0.717) is 28.7 Å². The molecule has 0 spiro atoms. The third-order valence-electron chi connectivity index (χ3n) is 4.88. The highest BCUT2D eigenvalue weighted by Crippen LogP contribution is 2.25. The number of nitrogens with zero attached hydrogens (tertiary/aromatic N) is 3. The second kappa shape index (κ2) is 8.90. The van der Waals surface area contributed by atoms with E-state index in [1.54, 1.807) is 44.7 Å². The van der Waals surface area contributed by atoms with E-state index in [-0.39, 0.29) is 6.01 Å². The molecule has 0 aliphatic heterocycles. The quantitative estimate of drug-likeness (QED) is 0.625. The molecule has 0 saturated carbocycles. The summed E-state index contributed by atoms with van der Waals surface area (Å²) in [6.45, 7) is 7.63. The number of anilines is 3. The van der Waals surface area contributed by atoms with Gasteiger partial charge in [-0.05, 0) is 63.1 Å². The average molecular weight is 439 g/mol. The summed E-state index contributed by atoms with van der Waals surface area (Å²) >= 11 is 0. The van der Waals surface area contributed by atoms with Crippen LogP contribution in [0.4, 0.5) is 22.2 Å². The molecule has 3 rings (SSSR count). The number of hydrogen-bond donors (Lipinski definition) is 1.